The smallest absolute Gasteiger partial charge is 0.137 e. The third-order valence-electron chi connectivity index (χ3n) is 5.19. The van der Waals surface area contributed by atoms with E-state index in [-0.39, 0.29) is 5.82 Å². The van der Waals surface area contributed by atoms with Gasteiger partial charge in [-0.3, -0.25) is 4.99 Å². The van der Waals surface area contributed by atoms with Gasteiger partial charge in [0.15, 0.2) is 0 Å². The van der Waals surface area contributed by atoms with Crippen LogP contribution < -0.4 is 5.32 Å². The van der Waals surface area contributed by atoms with Crippen LogP contribution in [-0.4, -0.2) is 18.9 Å². The van der Waals surface area contributed by atoms with Gasteiger partial charge < -0.3 is 9.73 Å². The quantitative estimate of drug-likeness (QED) is 0.745. The minimum absolute atomic E-state index is 0.172. The lowest BCUT2D eigenvalue weighted by Gasteiger charge is -2.12. The predicted molar refractivity (Wildman–Crippen MR) is 104 cm³/mol. The van der Waals surface area contributed by atoms with Crippen LogP contribution in [0, 0.1) is 26.6 Å². The van der Waals surface area contributed by atoms with Gasteiger partial charge in [-0.25, -0.2) is 4.39 Å². The van der Waals surface area contributed by atoms with Crippen LogP contribution in [0.25, 0.3) is 11.0 Å². The highest BCUT2D eigenvalue weighted by molar-refractivity contribution is 6.01. The van der Waals surface area contributed by atoms with Crippen LogP contribution in [0.4, 0.5) is 4.39 Å². The van der Waals surface area contributed by atoms with Crippen LogP contribution in [0.2, 0.25) is 0 Å². The second kappa shape index (κ2) is 6.60. The highest BCUT2D eigenvalue weighted by Gasteiger charge is 2.17. The summed E-state index contributed by atoms with van der Waals surface area (Å²) in [7, 11) is 0. The fourth-order valence-electron chi connectivity index (χ4n) is 3.72. The molecule has 1 aliphatic heterocycles. The Morgan fingerprint density at radius 3 is 2.77 bits per heavy atom. The summed E-state index contributed by atoms with van der Waals surface area (Å²) in [4.78, 5) is 4.46. The van der Waals surface area contributed by atoms with Crippen molar-refractivity contribution in [3.8, 4) is 0 Å². The van der Waals surface area contributed by atoms with Gasteiger partial charge in [0.05, 0.1) is 6.54 Å². The highest BCUT2D eigenvalue weighted by atomic mass is 19.1. The van der Waals surface area contributed by atoms with Crippen molar-refractivity contribution in [2.45, 2.75) is 33.6 Å². The van der Waals surface area contributed by atoms with E-state index in [9.17, 15) is 4.39 Å². The van der Waals surface area contributed by atoms with E-state index < -0.39 is 0 Å². The Morgan fingerprint density at radius 2 is 2.00 bits per heavy atom. The molecule has 0 bridgehead atoms. The standard InChI is InChI=1S/C22H23FN2O/c1-13-11-16(21-19(12-13)14(2)15(3)26-21)7-8-17-18(5-4-6-20(17)23)22-24-9-10-25-22/h4-6,11-12H,7-10H2,1-3H3,(H,24,25). The van der Waals surface area contributed by atoms with E-state index in [0.29, 0.717) is 6.42 Å². The fraction of sp³-hybridized carbons (Fsp3) is 0.318. The molecule has 134 valence electrons. The van der Waals surface area contributed by atoms with Crippen LogP contribution in [0.5, 0.6) is 0 Å². The maximum absolute atomic E-state index is 14.6. The molecule has 0 fully saturated rings. The molecule has 26 heavy (non-hydrogen) atoms. The normalized spacial score (nSPS) is 13.9. The average Bonchev–Trinajstić information content (AvgIpc) is 3.24. The van der Waals surface area contributed by atoms with E-state index in [1.54, 1.807) is 6.07 Å². The van der Waals surface area contributed by atoms with E-state index in [1.807, 2.05) is 13.0 Å². The number of benzene rings is 2. The summed E-state index contributed by atoms with van der Waals surface area (Å²) < 4.78 is 20.6. The van der Waals surface area contributed by atoms with Gasteiger partial charge in [-0.15, -0.1) is 0 Å². The molecule has 1 aliphatic rings. The van der Waals surface area contributed by atoms with E-state index in [4.69, 9.17) is 4.42 Å². The van der Waals surface area contributed by atoms with E-state index in [1.165, 1.54) is 17.2 Å². The van der Waals surface area contributed by atoms with Gasteiger partial charge in [0.1, 0.15) is 23.0 Å². The number of nitrogens with one attached hydrogen (secondary N) is 1. The van der Waals surface area contributed by atoms with Crippen molar-refractivity contribution in [3.63, 3.8) is 0 Å². The first-order valence-corrected chi connectivity index (χ1v) is 9.10. The third-order valence-corrected chi connectivity index (χ3v) is 5.19. The molecular formula is C22H23FN2O. The molecule has 0 saturated carbocycles. The van der Waals surface area contributed by atoms with Crippen molar-refractivity contribution in [1.82, 2.24) is 5.32 Å². The lowest BCUT2D eigenvalue weighted by Crippen LogP contribution is -2.21. The number of hydrogen-bond acceptors (Lipinski definition) is 3. The number of hydrogen-bond donors (Lipinski definition) is 1. The topological polar surface area (TPSA) is 37.5 Å². The first-order valence-electron chi connectivity index (χ1n) is 9.10. The Labute approximate surface area is 152 Å². The molecule has 2 aromatic carbocycles. The SMILES string of the molecule is Cc1cc(CCc2c(F)cccc2C2=NCCN2)c2oc(C)c(C)c2c1. The van der Waals surface area contributed by atoms with Gasteiger partial charge in [0.2, 0.25) is 0 Å². The van der Waals surface area contributed by atoms with Gasteiger partial charge in [-0.2, -0.15) is 0 Å². The van der Waals surface area contributed by atoms with Crippen molar-refractivity contribution in [2.75, 3.05) is 13.1 Å². The number of aryl methyl sites for hydroxylation is 4. The van der Waals surface area contributed by atoms with Gasteiger partial charge >= 0.3 is 0 Å². The monoisotopic (exact) mass is 350 g/mol. The minimum Gasteiger partial charge on any atom is -0.461 e. The molecule has 0 amide bonds. The zero-order valence-electron chi connectivity index (χ0n) is 15.4. The fourth-order valence-corrected chi connectivity index (χ4v) is 3.72. The Balaban J connectivity index is 1.70. The number of furan rings is 1. The second-order valence-electron chi connectivity index (χ2n) is 7.01. The molecular weight excluding hydrogens is 327 g/mol. The molecule has 0 saturated heterocycles. The first kappa shape index (κ1) is 16.8. The molecule has 0 atom stereocenters. The average molecular weight is 350 g/mol. The number of amidine groups is 1. The summed E-state index contributed by atoms with van der Waals surface area (Å²) in [6, 6.07) is 9.54. The van der Waals surface area contributed by atoms with Crippen LogP contribution in [0.1, 0.15) is 33.6 Å². The van der Waals surface area contributed by atoms with E-state index >= 15 is 0 Å². The lowest BCUT2D eigenvalue weighted by molar-refractivity contribution is 0.569. The van der Waals surface area contributed by atoms with Gasteiger partial charge in [-0.1, -0.05) is 18.2 Å². The molecule has 4 heteroatoms. The molecule has 3 nitrogen and oxygen atoms in total. The molecule has 3 aromatic rings. The van der Waals surface area contributed by atoms with Crippen LogP contribution in [0.3, 0.4) is 0 Å². The number of nitrogens with zero attached hydrogens (tertiary/aromatic N) is 1. The van der Waals surface area contributed by atoms with Crippen LogP contribution >= 0.6 is 0 Å². The molecule has 0 radical (unpaired) electrons. The van der Waals surface area contributed by atoms with Crippen LogP contribution in [0.15, 0.2) is 39.7 Å². The molecule has 2 heterocycles. The third kappa shape index (κ3) is 2.90. The van der Waals surface area contributed by atoms with E-state index in [2.05, 4.69) is 36.3 Å². The molecule has 1 N–H and O–H groups in total. The van der Waals surface area contributed by atoms with Crippen molar-refractivity contribution < 1.29 is 8.81 Å². The Hall–Kier alpha value is -2.62. The summed E-state index contributed by atoms with van der Waals surface area (Å²) in [5.74, 6) is 1.58. The Kier molecular flexibility index (Phi) is 4.27. The summed E-state index contributed by atoms with van der Waals surface area (Å²) >= 11 is 0. The summed E-state index contributed by atoms with van der Waals surface area (Å²) in [6.07, 6.45) is 1.34. The maximum Gasteiger partial charge on any atom is 0.137 e. The lowest BCUT2D eigenvalue weighted by atomic mass is 9.96. The highest BCUT2D eigenvalue weighted by Crippen LogP contribution is 2.30. The van der Waals surface area contributed by atoms with Crippen molar-refractivity contribution in [2.24, 2.45) is 4.99 Å². The molecule has 1 aromatic heterocycles. The van der Waals surface area contributed by atoms with Crippen molar-refractivity contribution in [1.29, 1.82) is 0 Å². The van der Waals surface area contributed by atoms with Gasteiger partial charge in [-0.05, 0) is 68.0 Å². The summed E-state index contributed by atoms with van der Waals surface area (Å²) in [5.41, 5.74) is 6.04. The number of rotatable bonds is 4. The zero-order chi connectivity index (χ0) is 18.3. The summed E-state index contributed by atoms with van der Waals surface area (Å²) in [6.45, 7) is 7.73. The summed E-state index contributed by atoms with van der Waals surface area (Å²) in [5, 5.41) is 4.41. The molecule has 4 rings (SSSR count). The van der Waals surface area contributed by atoms with Crippen molar-refractivity contribution in [3.05, 3.63) is 69.7 Å². The van der Waals surface area contributed by atoms with E-state index in [0.717, 1.165) is 58.8 Å². The second-order valence-corrected chi connectivity index (χ2v) is 7.01. The van der Waals surface area contributed by atoms with Crippen LogP contribution in [-0.2, 0) is 12.8 Å². The zero-order valence-corrected chi connectivity index (χ0v) is 15.4. The number of halogens is 1. The van der Waals surface area contributed by atoms with Gasteiger partial charge in [0.25, 0.3) is 0 Å². The largest absolute Gasteiger partial charge is 0.461 e. The number of fused-ring (bicyclic) bond motifs is 1. The predicted octanol–water partition coefficient (Wildman–Crippen LogP) is 4.63. The Morgan fingerprint density at radius 1 is 1.15 bits per heavy atom. The Bertz CT molecular complexity index is 1020. The molecule has 0 spiro atoms. The maximum atomic E-state index is 14.6. The minimum atomic E-state index is -0.172. The first-order chi connectivity index (χ1) is 12.5. The molecule has 0 aliphatic carbocycles. The molecule has 0 unspecified atom stereocenters. The van der Waals surface area contributed by atoms with Gasteiger partial charge in [0, 0.05) is 17.5 Å². The number of aliphatic imine (C=N–C) groups is 1. The van der Waals surface area contributed by atoms with Crippen molar-refractivity contribution >= 4 is 16.8 Å².